The fourth-order valence-electron chi connectivity index (χ4n) is 1.60. The van der Waals surface area contributed by atoms with Gasteiger partial charge in [0.05, 0.1) is 11.4 Å². The van der Waals surface area contributed by atoms with Gasteiger partial charge in [-0.3, -0.25) is 4.79 Å². The van der Waals surface area contributed by atoms with Crippen LogP contribution in [0.15, 0.2) is 58.8 Å². The third kappa shape index (κ3) is 3.74. The Bertz CT molecular complexity index is 603. The van der Waals surface area contributed by atoms with Crippen LogP contribution in [0.5, 0.6) is 0 Å². The number of hydrogen-bond acceptors (Lipinski definition) is 3. The highest BCUT2D eigenvalue weighted by atomic mass is 16.1. The van der Waals surface area contributed by atoms with Crippen LogP contribution in [-0.4, -0.2) is 5.91 Å². The second-order valence-electron chi connectivity index (χ2n) is 4.21. The summed E-state index contributed by atoms with van der Waals surface area (Å²) in [5.41, 5.74) is 3.44. The highest BCUT2D eigenvalue weighted by Crippen LogP contribution is 2.22. The minimum Gasteiger partial charge on any atom is -0.326 e. The first-order valence-electron chi connectivity index (χ1n) is 6.00. The van der Waals surface area contributed by atoms with Gasteiger partial charge >= 0.3 is 0 Å². The van der Waals surface area contributed by atoms with Crippen LogP contribution in [0.4, 0.5) is 17.1 Å². The molecule has 0 spiro atoms. The first-order valence-corrected chi connectivity index (χ1v) is 6.00. The quantitative estimate of drug-likeness (QED) is 0.811. The van der Waals surface area contributed by atoms with Crippen LogP contribution in [-0.2, 0) is 4.79 Å². The summed E-state index contributed by atoms with van der Waals surface area (Å²) in [7, 11) is 0. The van der Waals surface area contributed by atoms with Crippen LogP contribution in [0.25, 0.3) is 0 Å². The third-order valence-corrected chi connectivity index (χ3v) is 2.58. The first kappa shape index (κ1) is 13.0. The van der Waals surface area contributed by atoms with Gasteiger partial charge in [0.1, 0.15) is 0 Å². The maximum absolute atomic E-state index is 10.9. The molecule has 0 saturated carbocycles. The Kier molecular flexibility index (Phi) is 4.03. The van der Waals surface area contributed by atoms with E-state index in [-0.39, 0.29) is 5.91 Å². The molecule has 2 aromatic carbocycles. The minimum absolute atomic E-state index is 0.0886. The molecule has 2 rings (SSSR count). The van der Waals surface area contributed by atoms with E-state index < -0.39 is 0 Å². The number of anilines is 1. The summed E-state index contributed by atoms with van der Waals surface area (Å²) >= 11 is 0. The highest BCUT2D eigenvalue weighted by molar-refractivity contribution is 5.88. The first-order chi connectivity index (χ1) is 9.15. The molecule has 96 valence electrons. The van der Waals surface area contributed by atoms with E-state index in [1.165, 1.54) is 6.92 Å². The van der Waals surface area contributed by atoms with Crippen molar-refractivity contribution in [2.24, 2.45) is 10.2 Å². The van der Waals surface area contributed by atoms with Crippen molar-refractivity contribution in [3.63, 3.8) is 0 Å². The molecule has 1 N–H and O–H groups in total. The van der Waals surface area contributed by atoms with Crippen molar-refractivity contribution < 1.29 is 4.79 Å². The van der Waals surface area contributed by atoms with Gasteiger partial charge in [-0.25, -0.2) is 0 Å². The van der Waals surface area contributed by atoms with Crippen LogP contribution >= 0.6 is 0 Å². The maximum Gasteiger partial charge on any atom is 0.221 e. The molecule has 0 radical (unpaired) electrons. The lowest BCUT2D eigenvalue weighted by Crippen LogP contribution is -2.04. The molecule has 0 fully saturated rings. The van der Waals surface area contributed by atoms with Gasteiger partial charge < -0.3 is 5.32 Å². The van der Waals surface area contributed by atoms with Gasteiger partial charge in [-0.1, -0.05) is 18.2 Å². The Labute approximate surface area is 112 Å². The van der Waals surface area contributed by atoms with Crippen molar-refractivity contribution >= 4 is 23.0 Å². The molecule has 0 aliphatic carbocycles. The van der Waals surface area contributed by atoms with Gasteiger partial charge in [0.2, 0.25) is 5.91 Å². The van der Waals surface area contributed by atoms with Crippen molar-refractivity contribution in [3.05, 3.63) is 54.1 Å². The standard InChI is InChI=1S/C15H15N3O/c1-11-5-3-4-6-15(11)18-17-14-9-7-13(8-10-14)16-12(2)19/h3-10H,1-2H3,(H,16,19). The summed E-state index contributed by atoms with van der Waals surface area (Å²) in [6, 6.07) is 15.0. The Morgan fingerprint density at radius 2 is 1.68 bits per heavy atom. The van der Waals surface area contributed by atoms with Crippen LogP contribution in [0.2, 0.25) is 0 Å². The van der Waals surface area contributed by atoms with E-state index in [0.29, 0.717) is 0 Å². The van der Waals surface area contributed by atoms with E-state index in [2.05, 4.69) is 15.5 Å². The fraction of sp³-hybridized carbons (Fsp3) is 0.133. The van der Waals surface area contributed by atoms with Gasteiger partial charge in [-0.05, 0) is 42.8 Å². The molecule has 1 amide bonds. The topological polar surface area (TPSA) is 53.8 Å². The Balaban J connectivity index is 2.11. The number of carbonyl (C=O) groups is 1. The number of nitrogens with one attached hydrogen (secondary N) is 1. The zero-order valence-electron chi connectivity index (χ0n) is 10.9. The average molecular weight is 253 g/mol. The third-order valence-electron chi connectivity index (χ3n) is 2.58. The predicted octanol–water partition coefficient (Wildman–Crippen LogP) is 4.37. The summed E-state index contributed by atoms with van der Waals surface area (Å²) in [6.07, 6.45) is 0. The van der Waals surface area contributed by atoms with Crippen molar-refractivity contribution in [1.82, 2.24) is 0 Å². The number of amides is 1. The fourth-order valence-corrected chi connectivity index (χ4v) is 1.60. The normalized spacial score (nSPS) is 10.6. The number of carbonyl (C=O) groups excluding carboxylic acids is 1. The van der Waals surface area contributed by atoms with Gasteiger partial charge in [-0.15, -0.1) is 0 Å². The summed E-state index contributed by atoms with van der Waals surface area (Å²) in [4.78, 5) is 10.9. The molecule has 4 heteroatoms. The lowest BCUT2D eigenvalue weighted by Gasteiger charge is -2.01. The van der Waals surface area contributed by atoms with Gasteiger partial charge in [-0.2, -0.15) is 10.2 Å². The molecule has 19 heavy (non-hydrogen) atoms. The number of aryl methyl sites for hydroxylation is 1. The van der Waals surface area contributed by atoms with Crippen LogP contribution in [0, 0.1) is 6.92 Å². The second-order valence-corrected chi connectivity index (χ2v) is 4.21. The van der Waals surface area contributed by atoms with Gasteiger partial charge in [0.25, 0.3) is 0 Å². The summed E-state index contributed by atoms with van der Waals surface area (Å²) in [5, 5.41) is 11.1. The van der Waals surface area contributed by atoms with Crippen molar-refractivity contribution in [1.29, 1.82) is 0 Å². The lowest BCUT2D eigenvalue weighted by molar-refractivity contribution is -0.114. The molecule has 0 heterocycles. The van der Waals surface area contributed by atoms with Crippen LogP contribution in [0.1, 0.15) is 12.5 Å². The van der Waals surface area contributed by atoms with Crippen molar-refractivity contribution in [3.8, 4) is 0 Å². The van der Waals surface area contributed by atoms with E-state index in [1.807, 2.05) is 43.3 Å². The zero-order chi connectivity index (χ0) is 13.7. The van der Waals surface area contributed by atoms with E-state index in [4.69, 9.17) is 0 Å². The molecule has 0 aliphatic rings. The minimum atomic E-state index is -0.0886. The highest BCUT2D eigenvalue weighted by Gasteiger charge is 1.96. The molecule has 0 saturated heterocycles. The average Bonchev–Trinajstić information content (AvgIpc) is 2.39. The maximum atomic E-state index is 10.9. The van der Waals surface area contributed by atoms with Gasteiger partial charge in [0.15, 0.2) is 0 Å². The van der Waals surface area contributed by atoms with Crippen molar-refractivity contribution in [2.75, 3.05) is 5.32 Å². The number of nitrogens with zero attached hydrogens (tertiary/aromatic N) is 2. The SMILES string of the molecule is CC(=O)Nc1ccc(N=Nc2ccccc2C)cc1. The van der Waals surface area contributed by atoms with E-state index in [9.17, 15) is 4.79 Å². The second kappa shape index (κ2) is 5.91. The van der Waals surface area contributed by atoms with E-state index >= 15 is 0 Å². The van der Waals surface area contributed by atoms with Crippen LogP contribution in [0.3, 0.4) is 0 Å². The number of hydrogen-bond donors (Lipinski definition) is 1. The predicted molar refractivity (Wildman–Crippen MR) is 76.1 cm³/mol. The molecular weight excluding hydrogens is 238 g/mol. The molecule has 0 atom stereocenters. The Morgan fingerprint density at radius 1 is 1.00 bits per heavy atom. The van der Waals surface area contributed by atoms with Gasteiger partial charge in [0, 0.05) is 12.6 Å². The molecule has 2 aromatic rings. The molecule has 0 aromatic heterocycles. The molecule has 0 aliphatic heterocycles. The van der Waals surface area contributed by atoms with Crippen molar-refractivity contribution in [2.45, 2.75) is 13.8 Å². The number of rotatable bonds is 3. The summed E-state index contributed by atoms with van der Waals surface area (Å²) < 4.78 is 0. The largest absolute Gasteiger partial charge is 0.326 e. The Morgan fingerprint density at radius 3 is 2.32 bits per heavy atom. The lowest BCUT2D eigenvalue weighted by atomic mass is 10.2. The summed E-state index contributed by atoms with van der Waals surface area (Å²) in [5.74, 6) is -0.0886. The van der Waals surface area contributed by atoms with Crippen LogP contribution < -0.4 is 5.32 Å². The number of benzene rings is 2. The zero-order valence-corrected chi connectivity index (χ0v) is 10.9. The molecule has 4 nitrogen and oxygen atoms in total. The molecule has 0 bridgehead atoms. The Hall–Kier alpha value is -2.49. The monoisotopic (exact) mass is 253 g/mol. The smallest absolute Gasteiger partial charge is 0.221 e. The molecule has 0 unspecified atom stereocenters. The van der Waals surface area contributed by atoms with E-state index in [0.717, 1.165) is 22.6 Å². The number of azo groups is 1. The summed E-state index contributed by atoms with van der Waals surface area (Å²) in [6.45, 7) is 3.47. The van der Waals surface area contributed by atoms with E-state index in [1.54, 1.807) is 12.1 Å². The molecular formula is C15H15N3O.